The molecule has 1 heterocycles. The van der Waals surface area contributed by atoms with Crippen molar-refractivity contribution < 1.29 is 4.79 Å². The van der Waals surface area contributed by atoms with Crippen molar-refractivity contribution >= 4 is 5.91 Å². The molecule has 96 valence electrons. The minimum absolute atomic E-state index is 0.145. The van der Waals surface area contributed by atoms with E-state index < -0.39 is 0 Å². The van der Waals surface area contributed by atoms with Crippen LogP contribution in [-0.2, 0) is 4.79 Å². The van der Waals surface area contributed by atoms with Gasteiger partial charge in [0.2, 0.25) is 5.91 Å². The predicted molar refractivity (Wildman–Crippen MR) is 67.7 cm³/mol. The van der Waals surface area contributed by atoms with Gasteiger partial charge >= 0.3 is 0 Å². The average molecular weight is 236 g/mol. The van der Waals surface area contributed by atoms with Crippen LogP contribution < -0.4 is 5.32 Å². The molecule has 0 spiro atoms. The summed E-state index contributed by atoms with van der Waals surface area (Å²) < 4.78 is 0. The zero-order chi connectivity index (χ0) is 11.9. The molecule has 17 heavy (non-hydrogen) atoms. The summed E-state index contributed by atoms with van der Waals surface area (Å²) in [4.78, 5) is 14.6. The summed E-state index contributed by atoms with van der Waals surface area (Å²) >= 11 is 0. The van der Waals surface area contributed by atoms with Crippen molar-refractivity contribution in [3.63, 3.8) is 0 Å². The first-order chi connectivity index (χ1) is 8.21. The average Bonchev–Trinajstić information content (AvgIpc) is 2.91. The second kappa shape index (κ2) is 4.27. The molecule has 1 atom stereocenters. The normalized spacial score (nSPS) is 41.7. The molecule has 1 saturated heterocycles. The number of likely N-dealkylation sites (tertiary alicyclic amines) is 1. The van der Waals surface area contributed by atoms with Crippen LogP contribution >= 0.6 is 0 Å². The zero-order valence-electron chi connectivity index (χ0n) is 10.9. The minimum Gasteiger partial charge on any atom is -0.349 e. The molecule has 0 radical (unpaired) electrons. The van der Waals surface area contributed by atoms with Crippen molar-refractivity contribution in [3.8, 4) is 0 Å². The van der Waals surface area contributed by atoms with Crippen molar-refractivity contribution in [3.05, 3.63) is 0 Å². The van der Waals surface area contributed by atoms with Crippen LogP contribution in [0.4, 0.5) is 0 Å². The molecule has 3 aliphatic rings. The third kappa shape index (κ3) is 1.88. The standard InChI is InChI=1S/C14H24N2O/c1-16-10-4-7-12(16)13(17)15-14-8-2-5-11(14)6-3-9-14/h11-12H,2-10H2,1H3,(H,15,17)/t11?,12-,14?/m0/s1. The summed E-state index contributed by atoms with van der Waals surface area (Å²) in [5.41, 5.74) is 0.195. The van der Waals surface area contributed by atoms with Gasteiger partial charge in [-0.2, -0.15) is 0 Å². The Balaban J connectivity index is 1.68. The molecular formula is C14H24N2O. The first kappa shape index (κ1) is 11.5. The summed E-state index contributed by atoms with van der Waals surface area (Å²) in [6.45, 7) is 1.08. The highest BCUT2D eigenvalue weighted by Gasteiger charge is 2.47. The molecule has 3 fully saturated rings. The fourth-order valence-electron chi connectivity index (χ4n) is 4.36. The molecule has 1 amide bonds. The van der Waals surface area contributed by atoms with E-state index in [4.69, 9.17) is 0 Å². The lowest BCUT2D eigenvalue weighted by molar-refractivity contribution is -0.127. The van der Waals surface area contributed by atoms with Gasteiger partial charge in [0, 0.05) is 5.54 Å². The second-order valence-electron chi connectivity index (χ2n) is 6.27. The van der Waals surface area contributed by atoms with Crippen molar-refractivity contribution in [1.29, 1.82) is 0 Å². The Kier molecular flexibility index (Phi) is 2.89. The third-order valence-electron chi connectivity index (χ3n) is 5.33. The Hall–Kier alpha value is -0.570. The predicted octanol–water partition coefficient (Wildman–Crippen LogP) is 1.92. The fourth-order valence-corrected chi connectivity index (χ4v) is 4.36. The van der Waals surface area contributed by atoms with Crippen LogP contribution in [0.2, 0.25) is 0 Å². The fraction of sp³-hybridized carbons (Fsp3) is 0.929. The van der Waals surface area contributed by atoms with Crippen molar-refractivity contribution in [2.75, 3.05) is 13.6 Å². The second-order valence-corrected chi connectivity index (χ2v) is 6.27. The van der Waals surface area contributed by atoms with E-state index in [1.165, 1.54) is 44.9 Å². The Labute approximate surface area is 104 Å². The Morgan fingerprint density at radius 1 is 1.18 bits per heavy atom. The summed E-state index contributed by atoms with van der Waals surface area (Å²) in [6, 6.07) is 0.145. The number of rotatable bonds is 2. The van der Waals surface area contributed by atoms with Gasteiger partial charge in [0.25, 0.3) is 0 Å². The van der Waals surface area contributed by atoms with Gasteiger partial charge in [-0.15, -0.1) is 0 Å². The number of amides is 1. The molecule has 0 bridgehead atoms. The van der Waals surface area contributed by atoms with E-state index >= 15 is 0 Å². The minimum atomic E-state index is 0.145. The highest BCUT2D eigenvalue weighted by atomic mass is 16.2. The lowest BCUT2D eigenvalue weighted by atomic mass is 9.90. The maximum atomic E-state index is 12.4. The van der Waals surface area contributed by atoms with E-state index in [9.17, 15) is 4.79 Å². The summed E-state index contributed by atoms with van der Waals surface area (Å²) in [6.07, 6.45) is 9.95. The maximum Gasteiger partial charge on any atom is 0.237 e. The Morgan fingerprint density at radius 2 is 1.88 bits per heavy atom. The van der Waals surface area contributed by atoms with Crippen LogP contribution in [0, 0.1) is 5.92 Å². The summed E-state index contributed by atoms with van der Waals surface area (Å²) in [5, 5.41) is 3.45. The number of carbonyl (C=O) groups is 1. The molecule has 3 rings (SSSR count). The van der Waals surface area contributed by atoms with Gasteiger partial charge in [-0.3, -0.25) is 9.69 Å². The Bertz CT molecular complexity index is 305. The van der Waals surface area contributed by atoms with Gasteiger partial charge in [0.05, 0.1) is 6.04 Å². The van der Waals surface area contributed by atoms with E-state index in [-0.39, 0.29) is 11.6 Å². The van der Waals surface area contributed by atoms with Crippen LogP contribution in [0.15, 0.2) is 0 Å². The van der Waals surface area contributed by atoms with E-state index in [2.05, 4.69) is 17.3 Å². The van der Waals surface area contributed by atoms with Gasteiger partial charge in [-0.25, -0.2) is 0 Å². The molecule has 2 saturated carbocycles. The number of likely N-dealkylation sites (N-methyl/N-ethyl adjacent to an activating group) is 1. The van der Waals surface area contributed by atoms with Crippen LogP contribution in [0.5, 0.6) is 0 Å². The number of nitrogens with one attached hydrogen (secondary N) is 1. The first-order valence-corrected chi connectivity index (χ1v) is 7.23. The van der Waals surface area contributed by atoms with Gasteiger partial charge in [-0.1, -0.05) is 12.8 Å². The zero-order valence-corrected chi connectivity index (χ0v) is 10.9. The van der Waals surface area contributed by atoms with Gasteiger partial charge in [0.15, 0.2) is 0 Å². The number of nitrogens with zero attached hydrogens (tertiary/aromatic N) is 1. The summed E-state index contributed by atoms with van der Waals surface area (Å²) in [5.74, 6) is 1.08. The molecule has 3 heteroatoms. The molecule has 3 nitrogen and oxygen atoms in total. The van der Waals surface area contributed by atoms with Crippen molar-refractivity contribution in [2.45, 2.75) is 62.9 Å². The highest BCUT2D eigenvalue weighted by molar-refractivity contribution is 5.82. The monoisotopic (exact) mass is 236 g/mol. The molecule has 1 N–H and O–H groups in total. The SMILES string of the molecule is CN1CCC[C@H]1C(=O)NC12CCCC1CCC2. The van der Waals surface area contributed by atoms with Crippen LogP contribution in [0.3, 0.4) is 0 Å². The van der Waals surface area contributed by atoms with Crippen LogP contribution in [0.25, 0.3) is 0 Å². The van der Waals surface area contributed by atoms with Crippen LogP contribution in [0.1, 0.15) is 51.4 Å². The molecule has 0 aromatic heterocycles. The number of carbonyl (C=O) groups excluding carboxylic acids is 1. The number of fused-ring (bicyclic) bond motifs is 1. The van der Waals surface area contributed by atoms with Gasteiger partial charge < -0.3 is 5.32 Å². The third-order valence-corrected chi connectivity index (χ3v) is 5.33. The molecule has 0 aromatic rings. The molecular weight excluding hydrogens is 212 g/mol. The molecule has 0 unspecified atom stereocenters. The summed E-state index contributed by atoms with van der Waals surface area (Å²) in [7, 11) is 2.08. The van der Waals surface area contributed by atoms with Crippen LogP contribution in [-0.4, -0.2) is 36.0 Å². The number of hydrogen-bond acceptors (Lipinski definition) is 2. The maximum absolute atomic E-state index is 12.4. The molecule has 1 aliphatic heterocycles. The molecule has 0 aromatic carbocycles. The van der Waals surface area contributed by atoms with Crippen molar-refractivity contribution in [2.24, 2.45) is 5.92 Å². The molecule has 2 aliphatic carbocycles. The van der Waals surface area contributed by atoms with E-state index in [0.29, 0.717) is 5.91 Å². The largest absolute Gasteiger partial charge is 0.349 e. The smallest absolute Gasteiger partial charge is 0.237 e. The topological polar surface area (TPSA) is 32.3 Å². The van der Waals surface area contributed by atoms with E-state index in [1.54, 1.807) is 0 Å². The Morgan fingerprint density at radius 3 is 2.47 bits per heavy atom. The lowest BCUT2D eigenvalue weighted by Gasteiger charge is -2.33. The van der Waals surface area contributed by atoms with E-state index in [1.807, 2.05) is 0 Å². The van der Waals surface area contributed by atoms with E-state index in [0.717, 1.165) is 18.9 Å². The highest BCUT2D eigenvalue weighted by Crippen LogP contribution is 2.47. The van der Waals surface area contributed by atoms with Gasteiger partial charge in [0.1, 0.15) is 0 Å². The first-order valence-electron chi connectivity index (χ1n) is 7.23. The quantitative estimate of drug-likeness (QED) is 0.794. The van der Waals surface area contributed by atoms with Crippen molar-refractivity contribution in [1.82, 2.24) is 10.2 Å². The number of hydrogen-bond donors (Lipinski definition) is 1. The van der Waals surface area contributed by atoms with Gasteiger partial charge in [-0.05, 0) is 58.0 Å². The lowest BCUT2D eigenvalue weighted by Crippen LogP contribution is -2.53.